The van der Waals surface area contributed by atoms with E-state index in [1.807, 2.05) is 12.3 Å². The lowest BCUT2D eigenvalue weighted by atomic mass is 10.1. The Bertz CT molecular complexity index is 392. The molecule has 0 spiro atoms. The van der Waals surface area contributed by atoms with E-state index in [2.05, 4.69) is 11.5 Å². The molecule has 1 aliphatic carbocycles. The van der Waals surface area contributed by atoms with Crippen molar-refractivity contribution in [1.29, 1.82) is 5.41 Å². The SMILES string of the molecule is CCC1CCC(n2ccc(C(C)=N)c2N)C1. The molecule has 88 valence electrons. The third kappa shape index (κ3) is 1.86. The highest BCUT2D eigenvalue weighted by atomic mass is 15.1. The highest BCUT2D eigenvalue weighted by Crippen LogP contribution is 2.38. The van der Waals surface area contributed by atoms with Gasteiger partial charge < -0.3 is 15.7 Å². The van der Waals surface area contributed by atoms with Gasteiger partial charge in [0.2, 0.25) is 0 Å². The maximum Gasteiger partial charge on any atom is 0.112 e. The van der Waals surface area contributed by atoms with E-state index in [-0.39, 0.29) is 0 Å². The molecule has 1 aromatic rings. The van der Waals surface area contributed by atoms with Crippen molar-refractivity contribution in [1.82, 2.24) is 4.57 Å². The maximum absolute atomic E-state index is 7.64. The van der Waals surface area contributed by atoms with Crippen molar-refractivity contribution in [2.75, 3.05) is 5.73 Å². The number of nitrogens with two attached hydrogens (primary N) is 1. The lowest BCUT2D eigenvalue weighted by Crippen LogP contribution is -2.09. The zero-order valence-corrected chi connectivity index (χ0v) is 10.2. The zero-order chi connectivity index (χ0) is 11.7. The first kappa shape index (κ1) is 11.2. The smallest absolute Gasteiger partial charge is 0.112 e. The zero-order valence-electron chi connectivity index (χ0n) is 10.2. The number of hydrogen-bond donors (Lipinski definition) is 2. The Balaban J connectivity index is 2.19. The Hall–Kier alpha value is -1.25. The summed E-state index contributed by atoms with van der Waals surface area (Å²) in [7, 11) is 0. The van der Waals surface area contributed by atoms with Crippen molar-refractivity contribution in [3.05, 3.63) is 17.8 Å². The molecule has 3 heteroatoms. The molecule has 1 heterocycles. The monoisotopic (exact) mass is 219 g/mol. The minimum absolute atomic E-state index is 0.554. The molecule has 2 atom stereocenters. The summed E-state index contributed by atoms with van der Waals surface area (Å²) in [6.07, 6.45) is 7.11. The van der Waals surface area contributed by atoms with Gasteiger partial charge in [-0.25, -0.2) is 0 Å². The van der Waals surface area contributed by atoms with Crippen LogP contribution in [-0.4, -0.2) is 10.3 Å². The van der Waals surface area contributed by atoms with Gasteiger partial charge in [-0.1, -0.05) is 13.3 Å². The topological polar surface area (TPSA) is 54.8 Å². The predicted octanol–water partition coefficient (Wildman–Crippen LogP) is 3.21. The van der Waals surface area contributed by atoms with E-state index in [0.717, 1.165) is 17.3 Å². The Morgan fingerprint density at radius 3 is 2.81 bits per heavy atom. The fourth-order valence-corrected chi connectivity index (χ4v) is 2.77. The highest BCUT2D eigenvalue weighted by Gasteiger charge is 2.26. The molecule has 0 amide bonds. The molecule has 0 bridgehead atoms. The van der Waals surface area contributed by atoms with Crippen molar-refractivity contribution in [2.24, 2.45) is 5.92 Å². The van der Waals surface area contributed by atoms with Crippen LogP contribution in [0.15, 0.2) is 12.3 Å². The fourth-order valence-electron chi connectivity index (χ4n) is 2.77. The minimum Gasteiger partial charge on any atom is -0.385 e. The van der Waals surface area contributed by atoms with Crippen LogP contribution >= 0.6 is 0 Å². The molecule has 1 saturated carbocycles. The van der Waals surface area contributed by atoms with Crippen molar-refractivity contribution in [3.8, 4) is 0 Å². The van der Waals surface area contributed by atoms with Gasteiger partial charge in [0.1, 0.15) is 5.82 Å². The van der Waals surface area contributed by atoms with Gasteiger partial charge in [-0.3, -0.25) is 0 Å². The Labute approximate surface area is 97.2 Å². The van der Waals surface area contributed by atoms with Crippen LogP contribution in [0, 0.1) is 11.3 Å². The second-order valence-corrected chi connectivity index (χ2v) is 4.89. The van der Waals surface area contributed by atoms with Crippen LogP contribution in [0.4, 0.5) is 5.82 Å². The van der Waals surface area contributed by atoms with E-state index in [9.17, 15) is 0 Å². The quantitative estimate of drug-likeness (QED) is 0.753. The Kier molecular flexibility index (Phi) is 3.03. The van der Waals surface area contributed by atoms with Gasteiger partial charge in [-0.15, -0.1) is 0 Å². The highest BCUT2D eigenvalue weighted by molar-refractivity contribution is 6.00. The van der Waals surface area contributed by atoms with Crippen molar-refractivity contribution in [2.45, 2.75) is 45.6 Å². The summed E-state index contributed by atoms with van der Waals surface area (Å²) in [5.74, 6) is 1.63. The summed E-state index contributed by atoms with van der Waals surface area (Å²) in [5, 5.41) is 7.64. The molecule has 0 saturated heterocycles. The van der Waals surface area contributed by atoms with Gasteiger partial charge in [-0.05, 0) is 38.2 Å². The minimum atomic E-state index is 0.554. The average Bonchev–Trinajstić information content (AvgIpc) is 2.83. The van der Waals surface area contributed by atoms with E-state index in [1.54, 1.807) is 6.92 Å². The van der Waals surface area contributed by atoms with Gasteiger partial charge in [-0.2, -0.15) is 0 Å². The van der Waals surface area contributed by atoms with E-state index < -0.39 is 0 Å². The Morgan fingerprint density at radius 1 is 1.56 bits per heavy atom. The lowest BCUT2D eigenvalue weighted by molar-refractivity contribution is 0.473. The molecule has 1 aliphatic rings. The van der Waals surface area contributed by atoms with Crippen molar-refractivity contribution in [3.63, 3.8) is 0 Å². The summed E-state index contributed by atoms with van der Waals surface area (Å²) in [6.45, 7) is 4.05. The maximum atomic E-state index is 7.64. The second kappa shape index (κ2) is 4.32. The standard InChI is InChI=1S/C13H21N3/c1-3-10-4-5-11(8-10)16-7-6-12(9(2)14)13(16)15/h6-7,10-11,14H,3-5,8,15H2,1-2H3. The predicted molar refractivity (Wildman–Crippen MR) is 68.0 cm³/mol. The van der Waals surface area contributed by atoms with Crippen LogP contribution in [0.25, 0.3) is 0 Å². The fraction of sp³-hybridized carbons (Fsp3) is 0.615. The number of nitrogen functional groups attached to an aromatic ring is 1. The molecule has 3 nitrogen and oxygen atoms in total. The van der Waals surface area contributed by atoms with Gasteiger partial charge in [0.15, 0.2) is 0 Å². The molecule has 16 heavy (non-hydrogen) atoms. The summed E-state index contributed by atoms with van der Waals surface area (Å²) in [6, 6.07) is 2.52. The Morgan fingerprint density at radius 2 is 2.31 bits per heavy atom. The third-order valence-electron chi connectivity index (χ3n) is 3.84. The average molecular weight is 219 g/mol. The second-order valence-electron chi connectivity index (χ2n) is 4.89. The molecule has 0 aromatic carbocycles. The van der Waals surface area contributed by atoms with Gasteiger partial charge in [0.05, 0.1) is 0 Å². The van der Waals surface area contributed by atoms with E-state index in [1.165, 1.54) is 25.7 Å². The number of rotatable bonds is 3. The lowest BCUT2D eigenvalue weighted by Gasteiger charge is -2.15. The molecule has 0 aliphatic heterocycles. The van der Waals surface area contributed by atoms with Crippen LogP contribution in [0.5, 0.6) is 0 Å². The van der Waals surface area contributed by atoms with Gasteiger partial charge in [0, 0.05) is 23.5 Å². The summed E-state index contributed by atoms with van der Waals surface area (Å²) >= 11 is 0. The molecule has 1 fully saturated rings. The largest absolute Gasteiger partial charge is 0.385 e. The molecule has 2 unspecified atom stereocenters. The number of aromatic nitrogens is 1. The van der Waals surface area contributed by atoms with E-state index >= 15 is 0 Å². The third-order valence-corrected chi connectivity index (χ3v) is 3.84. The molecule has 2 rings (SSSR count). The first-order chi connectivity index (χ1) is 7.63. The first-order valence-electron chi connectivity index (χ1n) is 6.15. The van der Waals surface area contributed by atoms with Crippen LogP contribution in [0.3, 0.4) is 0 Å². The van der Waals surface area contributed by atoms with Gasteiger partial charge in [0.25, 0.3) is 0 Å². The summed E-state index contributed by atoms with van der Waals surface area (Å²) < 4.78 is 2.17. The molecule has 0 radical (unpaired) electrons. The summed E-state index contributed by atoms with van der Waals surface area (Å²) in [4.78, 5) is 0. The molecular weight excluding hydrogens is 198 g/mol. The first-order valence-corrected chi connectivity index (χ1v) is 6.15. The molecule has 3 N–H and O–H groups in total. The van der Waals surface area contributed by atoms with Crippen LogP contribution < -0.4 is 5.73 Å². The van der Waals surface area contributed by atoms with Crippen molar-refractivity contribution < 1.29 is 0 Å². The van der Waals surface area contributed by atoms with Crippen molar-refractivity contribution >= 4 is 11.5 Å². The van der Waals surface area contributed by atoms with Crippen LogP contribution in [-0.2, 0) is 0 Å². The normalized spacial score (nSPS) is 24.9. The molecular formula is C13H21N3. The number of hydrogen-bond acceptors (Lipinski definition) is 2. The number of nitrogens with one attached hydrogen (secondary N) is 1. The van der Waals surface area contributed by atoms with Gasteiger partial charge >= 0.3 is 0 Å². The number of anilines is 1. The summed E-state index contributed by atoms with van der Waals surface area (Å²) in [5.41, 5.74) is 7.54. The van der Waals surface area contributed by atoms with E-state index in [0.29, 0.717) is 11.8 Å². The van der Waals surface area contributed by atoms with E-state index in [4.69, 9.17) is 11.1 Å². The number of nitrogens with zero attached hydrogens (tertiary/aromatic N) is 1. The molecule has 1 aromatic heterocycles. The van der Waals surface area contributed by atoms with Crippen LogP contribution in [0.2, 0.25) is 0 Å². The van der Waals surface area contributed by atoms with Crippen LogP contribution in [0.1, 0.15) is 51.1 Å².